The van der Waals surface area contributed by atoms with Crippen LogP contribution < -0.4 is 0 Å². The largest absolute Gasteiger partial charge is 0.299 e. The summed E-state index contributed by atoms with van der Waals surface area (Å²) in [7, 11) is 0. The number of carbonyl (C=O) groups excluding carboxylic acids is 1. The first-order chi connectivity index (χ1) is 6.50. The third kappa shape index (κ3) is 3.07. The first-order valence-electron chi connectivity index (χ1n) is 5.48. The molecule has 14 heavy (non-hydrogen) atoms. The molecule has 3 heteroatoms. The van der Waals surface area contributed by atoms with Crippen molar-refractivity contribution < 1.29 is 4.79 Å². The molecule has 0 N–H and O–H groups in total. The zero-order chi connectivity index (χ0) is 10.7. The van der Waals surface area contributed by atoms with Crippen molar-refractivity contribution in [2.24, 2.45) is 0 Å². The average Bonchev–Trinajstić information content (AvgIpc) is 2.01. The highest BCUT2D eigenvalue weighted by Gasteiger charge is 2.25. The molecule has 1 rings (SSSR count). The van der Waals surface area contributed by atoms with Crippen LogP contribution in [-0.2, 0) is 4.79 Å². The van der Waals surface area contributed by atoms with Crippen LogP contribution >= 0.6 is 0 Å². The summed E-state index contributed by atoms with van der Waals surface area (Å²) in [5.41, 5.74) is 0. The second kappa shape index (κ2) is 4.89. The minimum Gasteiger partial charge on any atom is -0.299 e. The van der Waals surface area contributed by atoms with Gasteiger partial charge in [-0.2, -0.15) is 0 Å². The molecule has 1 aliphatic rings. The highest BCUT2D eigenvalue weighted by atomic mass is 16.1. The molecule has 0 aromatic heterocycles. The van der Waals surface area contributed by atoms with Gasteiger partial charge in [0.15, 0.2) is 0 Å². The zero-order valence-electron chi connectivity index (χ0n) is 9.79. The maximum atomic E-state index is 11.0. The first kappa shape index (κ1) is 11.7. The molecule has 1 heterocycles. The van der Waals surface area contributed by atoms with Crippen LogP contribution in [0.1, 0.15) is 27.7 Å². The van der Waals surface area contributed by atoms with Gasteiger partial charge in [-0.1, -0.05) is 0 Å². The van der Waals surface area contributed by atoms with Gasteiger partial charge in [0.2, 0.25) is 0 Å². The lowest BCUT2D eigenvalue weighted by atomic mass is 10.1. The van der Waals surface area contributed by atoms with Crippen LogP contribution in [0.5, 0.6) is 0 Å². The lowest BCUT2D eigenvalue weighted by Gasteiger charge is -2.41. The lowest BCUT2D eigenvalue weighted by Crippen LogP contribution is -2.54. The zero-order valence-corrected chi connectivity index (χ0v) is 9.79. The second-order valence-electron chi connectivity index (χ2n) is 4.62. The number of hydrogen-bond donors (Lipinski definition) is 0. The predicted octanol–water partition coefficient (Wildman–Crippen LogP) is 0.990. The second-order valence-corrected chi connectivity index (χ2v) is 4.62. The van der Waals surface area contributed by atoms with Crippen molar-refractivity contribution in [3.63, 3.8) is 0 Å². The van der Waals surface area contributed by atoms with Gasteiger partial charge in [0.25, 0.3) is 0 Å². The fourth-order valence-corrected chi connectivity index (χ4v) is 2.27. The number of rotatable bonds is 3. The minimum absolute atomic E-state index is 0.273. The molecule has 0 bridgehead atoms. The van der Waals surface area contributed by atoms with Crippen molar-refractivity contribution in [1.82, 2.24) is 9.80 Å². The number of hydrogen-bond acceptors (Lipinski definition) is 3. The van der Waals surface area contributed by atoms with E-state index in [1.165, 1.54) is 0 Å². The molecule has 0 saturated carbocycles. The molecule has 1 fully saturated rings. The van der Waals surface area contributed by atoms with Gasteiger partial charge in [-0.3, -0.25) is 14.6 Å². The van der Waals surface area contributed by atoms with Crippen LogP contribution in [0.25, 0.3) is 0 Å². The van der Waals surface area contributed by atoms with E-state index in [0.29, 0.717) is 18.6 Å². The smallest absolute Gasteiger partial charge is 0.143 e. The topological polar surface area (TPSA) is 23.6 Å². The van der Waals surface area contributed by atoms with Crippen molar-refractivity contribution in [3.05, 3.63) is 0 Å². The Morgan fingerprint density at radius 2 is 2.07 bits per heavy atom. The molecule has 3 nitrogen and oxygen atoms in total. The van der Waals surface area contributed by atoms with Crippen LogP contribution in [0.4, 0.5) is 0 Å². The SMILES string of the molecule is CC(=O)CN1CCN(C(C)C)C(C)C1. The summed E-state index contributed by atoms with van der Waals surface area (Å²) in [6, 6.07) is 1.19. The van der Waals surface area contributed by atoms with Crippen LogP contribution in [0.2, 0.25) is 0 Å². The summed E-state index contributed by atoms with van der Waals surface area (Å²) in [6.45, 7) is 12.1. The third-order valence-corrected chi connectivity index (χ3v) is 2.87. The summed E-state index contributed by atoms with van der Waals surface area (Å²) < 4.78 is 0. The normalized spacial score (nSPS) is 25.6. The number of ketones is 1. The van der Waals surface area contributed by atoms with Crippen molar-refractivity contribution in [3.8, 4) is 0 Å². The van der Waals surface area contributed by atoms with Gasteiger partial charge in [0, 0.05) is 31.7 Å². The van der Waals surface area contributed by atoms with Gasteiger partial charge in [-0.25, -0.2) is 0 Å². The van der Waals surface area contributed by atoms with Crippen LogP contribution in [-0.4, -0.2) is 53.8 Å². The maximum Gasteiger partial charge on any atom is 0.143 e. The molecular weight excluding hydrogens is 176 g/mol. The van der Waals surface area contributed by atoms with Gasteiger partial charge in [0.1, 0.15) is 5.78 Å². The Morgan fingerprint density at radius 3 is 2.50 bits per heavy atom. The Balaban J connectivity index is 2.42. The predicted molar refractivity (Wildman–Crippen MR) is 58.4 cm³/mol. The van der Waals surface area contributed by atoms with E-state index in [0.717, 1.165) is 19.6 Å². The average molecular weight is 198 g/mol. The molecule has 0 spiro atoms. The van der Waals surface area contributed by atoms with Gasteiger partial charge < -0.3 is 0 Å². The van der Waals surface area contributed by atoms with E-state index in [-0.39, 0.29) is 5.78 Å². The highest BCUT2D eigenvalue weighted by Crippen LogP contribution is 2.12. The van der Waals surface area contributed by atoms with Crippen LogP contribution in [0.3, 0.4) is 0 Å². The third-order valence-electron chi connectivity index (χ3n) is 2.87. The molecule has 0 amide bonds. The number of nitrogens with zero attached hydrogens (tertiary/aromatic N) is 2. The quantitative estimate of drug-likeness (QED) is 0.675. The molecule has 1 unspecified atom stereocenters. The Morgan fingerprint density at radius 1 is 1.43 bits per heavy atom. The molecule has 82 valence electrons. The van der Waals surface area contributed by atoms with Crippen molar-refractivity contribution in [1.29, 1.82) is 0 Å². The van der Waals surface area contributed by atoms with E-state index in [9.17, 15) is 4.79 Å². The van der Waals surface area contributed by atoms with Crippen molar-refractivity contribution in [2.45, 2.75) is 39.8 Å². The molecule has 0 aromatic rings. The van der Waals surface area contributed by atoms with E-state index in [1.807, 2.05) is 0 Å². The van der Waals surface area contributed by atoms with E-state index >= 15 is 0 Å². The molecule has 1 atom stereocenters. The van der Waals surface area contributed by atoms with Gasteiger partial charge in [0.05, 0.1) is 6.54 Å². The highest BCUT2D eigenvalue weighted by molar-refractivity contribution is 5.77. The Hall–Kier alpha value is -0.410. The number of carbonyl (C=O) groups is 1. The molecule has 0 radical (unpaired) electrons. The summed E-state index contributed by atoms with van der Waals surface area (Å²) in [5.74, 6) is 0.273. The van der Waals surface area contributed by atoms with Gasteiger partial charge in [-0.05, 0) is 27.7 Å². The summed E-state index contributed by atoms with van der Waals surface area (Å²) >= 11 is 0. The Labute approximate surface area is 87.1 Å². The monoisotopic (exact) mass is 198 g/mol. The van der Waals surface area contributed by atoms with Gasteiger partial charge >= 0.3 is 0 Å². The number of Topliss-reactive ketones (excluding diaryl/α,β-unsaturated/α-hetero) is 1. The molecule has 0 aromatic carbocycles. The van der Waals surface area contributed by atoms with Crippen molar-refractivity contribution in [2.75, 3.05) is 26.2 Å². The van der Waals surface area contributed by atoms with Crippen LogP contribution in [0, 0.1) is 0 Å². The molecule has 1 saturated heterocycles. The summed E-state index contributed by atoms with van der Waals surface area (Å²) in [4.78, 5) is 15.7. The standard InChI is InChI=1S/C11H22N2O/c1-9(2)13-6-5-12(7-10(13)3)8-11(4)14/h9-10H,5-8H2,1-4H3. The van der Waals surface area contributed by atoms with Crippen molar-refractivity contribution >= 4 is 5.78 Å². The molecule has 1 aliphatic heterocycles. The summed E-state index contributed by atoms with van der Waals surface area (Å²) in [5, 5.41) is 0. The van der Waals surface area contributed by atoms with E-state index in [4.69, 9.17) is 0 Å². The van der Waals surface area contributed by atoms with E-state index in [1.54, 1.807) is 6.92 Å². The minimum atomic E-state index is 0.273. The van der Waals surface area contributed by atoms with Crippen LogP contribution in [0.15, 0.2) is 0 Å². The first-order valence-corrected chi connectivity index (χ1v) is 5.48. The Bertz CT molecular complexity index is 203. The number of piperazine rings is 1. The fourth-order valence-electron chi connectivity index (χ4n) is 2.27. The lowest BCUT2D eigenvalue weighted by molar-refractivity contribution is -0.118. The molecular formula is C11H22N2O. The molecule has 0 aliphatic carbocycles. The van der Waals surface area contributed by atoms with E-state index < -0.39 is 0 Å². The fraction of sp³-hybridized carbons (Fsp3) is 0.909. The van der Waals surface area contributed by atoms with Gasteiger partial charge in [-0.15, -0.1) is 0 Å². The van der Waals surface area contributed by atoms with E-state index in [2.05, 4.69) is 30.6 Å². The maximum absolute atomic E-state index is 11.0. The Kier molecular flexibility index (Phi) is 4.08. The summed E-state index contributed by atoms with van der Waals surface area (Å²) in [6.07, 6.45) is 0.